The molecule has 0 saturated carbocycles. The molecule has 1 aromatic carbocycles. The van der Waals surface area contributed by atoms with Crippen LogP contribution in [-0.2, 0) is 6.18 Å². The second-order valence-electron chi connectivity index (χ2n) is 4.97. The van der Waals surface area contributed by atoms with Crippen LogP contribution in [0, 0.1) is 13.8 Å². The third kappa shape index (κ3) is 3.07. The molecule has 5 nitrogen and oxygen atoms in total. The fourth-order valence-corrected chi connectivity index (χ4v) is 2.28. The zero-order chi connectivity index (χ0) is 16.8. The molecule has 0 saturated heterocycles. The highest BCUT2D eigenvalue weighted by atomic mass is 35.5. The van der Waals surface area contributed by atoms with Crippen molar-refractivity contribution in [1.29, 1.82) is 0 Å². The summed E-state index contributed by atoms with van der Waals surface area (Å²) >= 11 is 6.00. The molecule has 2 aromatic heterocycles. The van der Waals surface area contributed by atoms with E-state index in [1.54, 1.807) is 19.9 Å². The van der Waals surface area contributed by atoms with Gasteiger partial charge in [0.15, 0.2) is 0 Å². The van der Waals surface area contributed by atoms with Gasteiger partial charge in [0.05, 0.1) is 16.3 Å². The lowest BCUT2D eigenvalue weighted by molar-refractivity contribution is -0.137. The van der Waals surface area contributed by atoms with E-state index in [1.165, 1.54) is 10.6 Å². The number of fused-ring (bicyclic) bond motifs is 1. The Morgan fingerprint density at radius 3 is 2.57 bits per heavy atom. The second kappa shape index (κ2) is 5.38. The summed E-state index contributed by atoms with van der Waals surface area (Å²) in [6.07, 6.45) is -4.45. The minimum Gasteiger partial charge on any atom is -0.339 e. The van der Waals surface area contributed by atoms with E-state index in [0.717, 1.165) is 12.1 Å². The summed E-state index contributed by atoms with van der Waals surface area (Å²) in [5.41, 5.74) is -0.0155. The van der Waals surface area contributed by atoms with Gasteiger partial charge in [-0.1, -0.05) is 11.6 Å². The predicted molar refractivity (Wildman–Crippen MR) is 80.0 cm³/mol. The number of anilines is 2. The van der Waals surface area contributed by atoms with Crippen molar-refractivity contribution in [2.75, 3.05) is 5.32 Å². The summed E-state index contributed by atoms with van der Waals surface area (Å²) in [6.45, 7) is 3.45. The van der Waals surface area contributed by atoms with Gasteiger partial charge in [0, 0.05) is 11.8 Å². The average molecular weight is 342 g/mol. The van der Waals surface area contributed by atoms with Crippen molar-refractivity contribution in [2.24, 2.45) is 0 Å². The fourth-order valence-electron chi connectivity index (χ4n) is 2.11. The maximum Gasteiger partial charge on any atom is 0.416 e. The first-order chi connectivity index (χ1) is 10.7. The van der Waals surface area contributed by atoms with Crippen LogP contribution in [-0.4, -0.2) is 19.6 Å². The van der Waals surface area contributed by atoms with Crippen LogP contribution in [0.3, 0.4) is 0 Å². The van der Waals surface area contributed by atoms with Crippen molar-refractivity contribution in [3.8, 4) is 0 Å². The summed E-state index contributed by atoms with van der Waals surface area (Å²) in [7, 11) is 0. The highest BCUT2D eigenvalue weighted by Crippen LogP contribution is 2.35. The van der Waals surface area contributed by atoms with Gasteiger partial charge in [0.1, 0.15) is 11.6 Å². The third-order valence-corrected chi connectivity index (χ3v) is 3.43. The Balaban J connectivity index is 2.09. The van der Waals surface area contributed by atoms with Gasteiger partial charge in [-0.05, 0) is 32.0 Å². The summed E-state index contributed by atoms with van der Waals surface area (Å²) in [4.78, 5) is 8.36. The Morgan fingerprint density at radius 1 is 1.13 bits per heavy atom. The van der Waals surface area contributed by atoms with E-state index in [9.17, 15) is 13.2 Å². The molecule has 0 amide bonds. The van der Waals surface area contributed by atoms with Gasteiger partial charge in [-0.15, -0.1) is 5.10 Å². The van der Waals surface area contributed by atoms with E-state index in [2.05, 4.69) is 20.4 Å². The molecule has 0 spiro atoms. The van der Waals surface area contributed by atoms with Gasteiger partial charge in [-0.25, -0.2) is 4.98 Å². The van der Waals surface area contributed by atoms with E-state index in [4.69, 9.17) is 11.6 Å². The minimum atomic E-state index is -4.45. The fraction of sp³-hybridized carbons (Fsp3) is 0.214. The molecule has 0 bridgehead atoms. The van der Waals surface area contributed by atoms with Crippen molar-refractivity contribution in [3.63, 3.8) is 0 Å². The zero-order valence-corrected chi connectivity index (χ0v) is 12.9. The van der Waals surface area contributed by atoms with Crippen LogP contribution < -0.4 is 5.32 Å². The quantitative estimate of drug-likeness (QED) is 0.760. The maximum atomic E-state index is 12.9. The van der Waals surface area contributed by atoms with Gasteiger partial charge in [-0.2, -0.15) is 22.7 Å². The predicted octanol–water partition coefficient (Wildman–Crippen LogP) is 4.16. The summed E-state index contributed by atoms with van der Waals surface area (Å²) in [6, 6.07) is 4.73. The molecular weight excluding hydrogens is 331 g/mol. The van der Waals surface area contributed by atoms with E-state index < -0.39 is 11.7 Å². The summed E-state index contributed by atoms with van der Waals surface area (Å²) < 4.78 is 40.0. The lowest BCUT2D eigenvalue weighted by Gasteiger charge is -2.13. The molecule has 3 rings (SSSR count). The van der Waals surface area contributed by atoms with Gasteiger partial charge in [0.2, 0.25) is 0 Å². The van der Waals surface area contributed by atoms with Gasteiger partial charge >= 0.3 is 6.18 Å². The Hall–Kier alpha value is -2.35. The number of hydrogen-bond donors (Lipinski definition) is 1. The van der Waals surface area contributed by atoms with Crippen LogP contribution >= 0.6 is 11.6 Å². The van der Waals surface area contributed by atoms with Crippen LogP contribution in [0.25, 0.3) is 5.78 Å². The summed E-state index contributed by atoms with van der Waals surface area (Å²) in [5.74, 6) is 1.28. The molecule has 3 aromatic rings. The molecule has 23 heavy (non-hydrogen) atoms. The average Bonchev–Trinajstić information content (AvgIpc) is 2.80. The maximum absolute atomic E-state index is 12.9. The van der Waals surface area contributed by atoms with Gasteiger partial charge < -0.3 is 5.32 Å². The van der Waals surface area contributed by atoms with Crippen LogP contribution in [0.4, 0.5) is 24.7 Å². The molecule has 0 fully saturated rings. The van der Waals surface area contributed by atoms with Gasteiger partial charge in [-0.3, -0.25) is 0 Å². The molecule has 2 heterocycles. The number of aryl methyl sites for hydroxylation is 2. The minimum absolute atomic E-state index is 0.126. The molecule has 0 aliphatic rings. The van der Waals surface area contributed by atoms with Crippen molar-refractivity contribution >= 4 is 28.9 Å². The number of rotatable bonds is 2. The first kappa shape index (κ1) is 15.5. The Kier molecular flexibility index (Phi) is 3.63. The van der Waals surface area contributed by atoms with Crippen LogP contribution in [0.15, 0.2) is 24.3 Å². The van der Waals surface area contributed by atoms with Crippen molar-refractivity contribution in [3.05, 3.63) is 46.4 Å². The largest absolute Gasteiger partial charge is 0.416 e. The van der Waals surface area contributed by atoms with E-state index in [-0.39, 0.29) is 10.7 Å². The Bertz CT molecular complexity index is 888. The van der Waals surface area contributed by atoms with E-state index >= 15 is 0 Å². The van der Waals surface area contributed by atoms with Crippen LogP contribution in [0.5, 0.6) is 0 Å². The standard InChI is InChI=1S/C14H11ClF3N5/c1-7-5-12(23-13(19-7)20-8(2)22-23)21-11-6-9(14(16,17)18)3-4-10(11)15/h3-6,21H,1-2H3. The topological polar surface area (TPSA) is 55.1 Å². The molecule has 120 valence electrons. The molecule has 0 atom stereocenters. The van der Waals surface area contributed by atoms with Crippen molar-refractivity contribution in [1.82, 2.24) is 19.6 Å². The monoisotopic (exact) mass is 341 g/mol. The molecule has 0 unspecified atom stereocenters. The SMILES string of the molecule is Cc1cc(Nc2cc(C(F)(F)F)ccc2Cl)n2nc(C)nc2n1. The first-order valence-electron chi connectivity index (χ1n) is 6.59. The number of nitrogens with zero attached hydrogens (tertiary/aromatic N) is 4. The normalized spacial score (nSPS) is 11.9. The smallest absolute Gasteiger partial charge is 0.339 e. The number of hydrogen-bond acceptors (Lipinski definition) is 4. The van der Waals surface area contributed by atoms with E-state index in [0.29, 0.717) is 23.1 Å². The third-order valence-electron chi connectivity index (χ3n) is 3.10. The van der Waals surface area contributed by atoms with Crippen LogP contribution in [0.1, 0.15) is 17.1 Å². The number of nitrogens with one attached hydrogen (secondary N) is 1. The van der Waals surface area contributed by atoms with Crippen molar-refractivity contribution in [2.45, 2.75) is 20.0 Å². The summed E-state index contributed by atoms with van der Waals surface area (Å²) in [5, 5.41) is 7.20. The second-order valence-corrected chi connectivity index (χ2v) is 5.38. The highest BCUT2D eigenvalue weighted by molar-refractivity contribution is 6.33. The molecule has 1 N–H and O–H groups in total. The molecular formula is C14H11ClF3N5. The molecule has 0 aliphatic carbocycles. The zero-order valence-electron chi connectivity index (χ0n) is 12.1. The Labute approximate surface area is 134 Å². The number of alkyl halides is 3. The molecule has 0 aliphatic heterocycles. The lowest BCUT2D eigenvalue weighted by atomic mass is 10.2. The number of aromatic nitrogens is 4. The van der Waals surface area contributed by atoms with Gasteiger partial charge in [0.25, 0.3) is 5.78 Å². The molecule has 9 heteroatoms. The number of benzene rings is 1. The molecule has 0 radical (unpaired) electrons. The van der Waals surface area contributed by atoms with Crippen LogP contribution in [0.2, 0.25) is 5.02 Å². The van der Waals surface area contributed by atoms with Crippen molar-refractivity contribution < 1.29 is 13.2 Å². The first-order valence-corrected chi connectivity index (χ1v) is 6.96. The Morgan fingerprint density at radius 2 is 1.87 bits per heavy atom. The van der Waals surface area contributed by atoms with E-state index in [1.807, 2.05) is 0 Å². The lowest BCUT2D eigenvalue weighted by Crippen LogP contribution is -2.07. The number of halogens is 4. The highest BCUT2D eigenvalue weighted by Gasteiger charge is 2.31.